The van der Waals surface area contributed by atoms with Crippen LogP contribution in [0.5, 0.6) is 0 Å². The second-order valence-electron chi connectivity index (χ2n) is 9.41. The van der Waals surface area contributed by atoms with Gasteiger partial charge in [0, 0.05) is 19.4 Å². The fourth-order valence-corrected chi connectivity index (χ4v) is 7.48. The monoisotopic (exact) mass is 430 g/mol. The third kappa shape index (κ3) is 6.94. The number of aliphatic hydroxyl groups excluding tert-OH is 2. The molecule has 1 aliphatic rings. The van der Waals surface area contributed by atoms with Gasteiger partial charge in [-0.05, 0) is 32.0 Å². The molecule has 1 aliphatic heterocycles. The lowest BCUT2D eigenvalue weighted by molar-refractivity contribution is -0.318. The standard InChI is InChI=1S/C21H42O5Si2/c1-9-28(10-2,11-3)26-21(17-23,13-14-22)19-16-18(12-15-27(6,7)8)24-20(4,5)25-19/h18-19,22-23H,9-11,13-14,16-17H2,1-8H3/t18-,19-,21-/m1/s1. The van der Waals surface area contributed by atoms with Crippen molar-refractivity contribution in [2.24, 2.45) is 0 Å². The van der Waals surface area contributed by atoms with E-state index in [1.54, 1.807) is 0 Å². The van der Waals surface area contributed by atoms with Gasteiger partial charge in [-0.1, -0.05) is 46.3 Å². The summed E-state index contributed by atoms with van der Waals surface area (Å²) in [4.78, 5) is 0. The van der Waals surface area contributed by atoms with E-state index >= 15 is 0 Å². The molecular formula is C21H42O5Si2. The van der Waals surface area contributed by atoms with Crippen LogP contribution in [0, 0.1) is 11.5 Å². The average Bonchev–Trinajstić information content (AvgIpc) is 2.62. The van der Waals surface area contributed by atoms with Gasteiger partial charge < -0.3 is 24.1 Å². The molecule has 1 rings (SSSR count). The highest BCUT2D eigenvalue weighted by molar-refractivity contribution is 6.83. The molecule has 164 valence electrons. The Morgan fingerprint density at radius 2 is 1.64 bits per heavy atom. The van der Waals surface area contributed by atoms with Crippen molar-refractivity contribution >= 4 is 16.4 Å². The number of ether oxygens (including phenoxy) is 2. The summed E-state index contributed by atoms with van der Waals surface area (Å²) in [6.07, 6.45) is 0.219. The molecule has 1 heterocycles. The van der Waals surface area contributed by atoms with E-state index < -0.39 is 27.8 Å². The first-order valence-corrected chi connectivity index (χ1v) is 16.7. The van der Waals surface area contributed by atoms with Crippen LogP contribution in [-0.2, 0) is 13.9 Å². The lowest BCUT2D eigenvalue weighted by atomic mass is 9.89. The Bertz CT molecular complexity index is 537. The lowest BCUT2D eigenvalue weighted by Gasteiger charge is -2.50. The number of rotatable bonds is 9. The van der Waals surface area contributed by atoms with Gasteiger partial charge in [0.25, 0.3) is 0 Å². The molecule has 0 radical (unpaired) electrons. The lowest BCUT2D eigenvalue weighted by Crippen LogP contribution is -2.61. The third-order valence-electron chi connectivity index (χ3n) is 5.63. The smallest absolute Gasteiger partial charge is 0.193 e. The molecule has 0 spiro atoms. The van der Waals surface area contributed by atoms with E-state index in [4.69, 9.17) is 13.9 Å². The fraction of sp³-hybridized carbons (Fsp3) is 0.905. The highest BCUT2D eigenvalue weighted by Gasteiger charge is 2.50. The molecule has 7 heteroatoms. The first-order chi connectivity index (χ1) is 12.9. The van der Waals surface area contributed by atoms with Crippen molar-refractivity contribution in [2.75, 3.05) is 13.2 Å². The molecule has 2 N–H and O–H groups in total. The van der Waals surface area contributed by atoms with Crippen LogP contribution in [0.2, 0.25) is 37.8 Å². The first kappa shape index (κ1) is 25.8. The van der Waals surface area contributed by atoms with Crippen molar-refractivity contribution in [3.8, 4) is 11.5 Å². The summed E-state index contributed by atoms with van der Waals surface area (Å²) in [5, 5.41) is 20.3. The number of aliphatic hydroxyl groups is 2. The van der Waals surface area contributed by atoms with Gasteiger partial charge >= 0.3 is 0 Å². The van der Waals surface area contributed by atoms with Crippen LogP contribution in [-0.4, -0.2) is 63.4 Å². The van der Waals surface area contributed by atoms with Gasteiger partial charge in [-0.3, -0.25) is 0 Å². The summed E-state index contributed by atoms with van der Waals surface area (Å²) < 4.78 is 19.1. The van der Waals surface area contributed by atoms with Gasteiger partial charge in [-0.25, -0.2) is 0 Å². The molecule has 0 aliphatic carbocycles. The maximum atomic E-state index is 10.5. The molecule has 0 aromatic carbocycles. The summed E-state index contributed by atoms with van der Waals surface area (Å²) in [7, 11) is -3.56. The predicted octanol–water partition coefficient (Wildman–Crippen LogP) is 3.91. The van der Waals surface area contributed by atoms with Crippen molar-refractivity contribution < 1.29 is 24.1 Å². The van der Waals surface area contributed by atoms with Gasteiger partial charge in [-0.15, -0.1) is 5.54 Å². The quantitative estimate of drug-likeness (QED) is 0.429. The SMILES string of the molecule is CC[Si](CC)(CC)O[C@@](CO)(CCO)[C@H]1C[C@@H](C#C[Si](C)(C)C)OC(C)(C)O1. The van der Waals surface area contributed by atoms with E-state index in [1.165, 1.54) is 0 Å². The van der Waals surface area contributed by atoms with Crippen LogP contribution in [0.15, 0.2) is 0 Å². The molecule has 5 nitrogen and oxygen atoms in total. The van der Waals surface area contributed by atoms with Crippen molar-refractivity contribution in [1.29, 1.82) is 0 Å². The molecule has 0 saturated carbocycles. The first-order valence-electron chi connectivity index (χ1n) is 10.7. The topological polar surface area (TPSA) is 68.2 Å². The second kappa shape index (κ2) is 10.2. The van der Waals surface area contributed by atoms with Crippen molar-refractivity contribution in [3.63, 3.8) is 0 Å². The Morgan fingerprint density at radius 1 is 1.07 bits per heavy atom. The molecule has 0 unspecified atom stereocenters. The van der Waals surface area contributed by atoms with Crippen LogP contribution < -0.4 is 0 Å². The van der Waals surface area contributed by atoms with Crippen LogP contribution in [0.25, 0.3) is 0 Å². The fourth-order valence-electron chi connectivity index (χ4n) is 3.79. The van der Waals surface area contributed by atoms with Crippen molar-refractivity contribution in [1.82, 2.24) is 0 Å². The van der Waals surface area contributed by atoms with Crippen LogP contribution >= 0.6 is 0 Å². The summed E-state index contributed by atoms with van der Waals surface area (Å²) in [6, 6.07) is 2.91. The largest absolute Gasteiger partial charge is 0.406 e. The van der Waals surface area contributed by atoms with Crippen LogP contribution in [0.3, 0.4) is 0 Å². The van der Waals surface area contributed by atoms with E-state index in [1.807, 2.05) is 13.8 Å². The molecule has 1 fully saturated rings. The minimum absolute atomic E-state index is 0.0609. The molecule has 3 atom stereocenters. The van der Waals surface area contributed by atoms with Gasteiger partial charge in [0.2, 0.25) is 0 Å². The molecule has 28 heavy (non-hydrogen) atoms. The third-order valence-corrected chi connectivity index (χ3v) is 11.2. The van der Waals surface area contributed by atoms with Crippen LogP contribution in [0.4, 0.5) is 0 Å². The van der Waals surface area contributed by atoms with Crippen molar-refractivity contribution in [2.45, 2.75) is 109 Å². The zero-order valence-electron chi connectivity index (χ0n) is 19.2. The summed E-state index contributed by atoms with van der Waals surface area (Å²) in [5.41, 5.74) is 2.47. The van der Waals surface area contributed by atoms with Gasteiger partial charge in [0.15, 0.2) is 14.1 Å². The average molecular weight is 431 g/mol. The summed E-state index contributed by atoms with van der Waals surface area (Å²) >= 11 is 0. The zero-order valence-corrected chi connectivity index (χ0v) is 21.2. The Kier molecular flexibility index (Phi) is 9.41. The maximum absolute atomic E-state index is 10.5. The van der Waals surface area contributed by atoms with E-state index in [0.29, 0.717) is 12.8 Å². The second-order valence-corrected chi connectivity index (χ2v) is 18.9. The number of hydrogen-bond donors (Lipinski definition) is 2. The highest BCUT2D eigenvalue weighted by Crippen LogP contribution is 2.39. The Balaban J connectivity index is 3.28. The number of hydrogen-bond acceptors (Lipinski definition) is 5. The van der Waals surface area contributed by atoms with E-state index in [9.17, 15) is 10.2 Å². The maximum Gasteiger partial charge on any atom is 0.193 e. The summed E-state index contributed by atoms with van der Waals surface area (Å²) in [5.74, 6) is 2.49. The molecule has 0 aromatic rings. The summed E-state index contributed by atoms with van der Waals surface area (Å²) in [6.45, 7) is 16.6. The molecular weight excluding hydrogens is 388 g/mol. The van der Waals surface area contributed by atoms with E-state index in [2.05, 4.69) is 51.9 Å². The molecule has 1 saturated heterocycles. The van der Waals surface area contributed by atoms with Gasteiger partial charge in [0.05, 0.1) is 12.7 Å². The van der Waals surface area contributed by atoms with Gasteiger partial charge in [-0.2, -0.15) is 0 Å². The molecule has 0 amide bonds. The van der Waals surface area contributed by atoms with E-state index in [-0.39, 0.29) is 25.4 Å². The zero-order chi connectivity index (χ0) is 21.6. The normalized spacial score (nSPS) is 24.9. The minimum Gasteiger partial charge on any atom is -0.406 e. The molecule has 0 bridgehead atoms. The Hall–Kier alpha value is -0.206. The Morgan fingerprint density at radius 3 is 2.07 bits per heavy atom. The van der Waals surface area contributed by atoms with E-state index in [0.717, 1.165) is 18.1 Å². The predicted molar refractivity (Wildman–Crippen MR) is 119 cm³/mol. The Labute approximate surface area is 174 Å². The highest BCUT2D eigenvalue weighted by atomic mass is 28.4. The van der Waals surface area contributed by atoms with Crippen molar-refractivity contribution in [3.05, 3.63) is 0 Å². The molecule has 0 aromatic heterocycles. The van der Waals surface area contributed by atoms with Gasteiger partial charge in [0.1, 0.15) is 19.8 Å². The van der Waals surface area contributed by atoms with Crippen LogP contribution in [0.1, 0.15) is 47.5 Å². The minimum atomic E-state index is -2.03.